The maximum Gasteiger partial charge on any atom is -0.107 e. The Hall–Kier alpha value is -11.3. The summed E-state index contributed by atoms with van der Waals surface area (Å²) in [6.45, 7) is 7.81. The SMILES string of the molecule is C.COc1cc(C)c(CC(=O)CN)cc1OC.COc1cc(C)c(CC(=O)NNC2=NC(c3ccc(F)cc3)CSC2)cc1OC.COc1cc(C)c(Nc2nnc3n2C(c2ccc(F)cc2)CS(=O)(=O)C3)cc1OC.COc1cc(C)c(Nc2nnc3n2C(c2ccc(F)cc2)CSC3)cc1OC.CSC1=NC(c2ccc(F)cc2)CSC1.ClP(Cl)(c1ccccc1)(c1ccccc1)c1ccccc1.I. The van der Waals surface area contributed by atoms with E-state index in [9.17, 15) is 35.6 Å². The van der Waals surface area contributed by atoms with E-state index in [2.05, 4.69) is 56.4 Å². The van der Waals surface area contributed by atoms with Gasteiger partial charge in [0, 0.05) is 52.9 Å². The molecule has 6 heterocycles. The number of amides is 1. The van der Waals surface area contributed by atoms with Crippen LogP contribution in [0.2, 0.25) is 0 Å². The minimum Gasteiger partial charge on any atom is -0.107 e. The van der Waals surface area contributed by atoms with Crippen LogP contribution in [-0.2, 0) is 43.8 Å². The Labute approximate surface area is 864 Å². The van der Waals surface area contributed by atoms with Crippen LogP contribution in [0.3, 0.4) is 0 Å². The molecule has 6 N–H and O–H groups in total. The number of nitrogens with zero attached hydrogens (tertiary/aromatic N) is 8. The van der Waals surface area contributed by atoms with Crippen molar-refractivity contribution in [2.24, 2.45) is 15.7 Å². The number of benzene rings is 11. The Kier molecular flexibility index (Phi) is 41.7. The number of hydrogen-bond acceptors (Lipinski definition) is 26. The van der Waals surface area contributed by atoms with E-state index in [1.807, 2.05) is 203 Å². The number of hydrogen-bond donors (Lipinski definition) is 5. The minimum atomic E-state index is -3.43. The molecule has 141 heavy (non-hydrogen) atoms. The van der Waals surface area contributed by atoms with Crippen molar-refractivity contribution >= 4 is 170 Å². The number of nitrogens with one attached hydrogen (secondary N) is 4. The largest absolute Gasteiger partial charge is 0.107 e. The Morgan fingerprint density at radius 1 is 0.454 bits per heavy atom. The van der Waals surface area contributed by atoms with Gasteiger partial charge < -0.3 is 54.3 Å². The minimum absolute atomic E-state index is 0. The first-order chi connectivity index (χ1) is 66.9. The molecule has 0 aliphatic carbocycles. The molecule has 0 bridgehead atoms. The maximum absolute atomic E-state index is 13.4. The molecule has 4 unspecified atom stereocenters. The fraction of sp³-hybridized carbons (Fsp3) is 0.282. The van der Waals surface area contributed by atoms with E-state index >= 15 is 0 Å². The van der Waals surface area contributed by atoms with E-state index in [1.54, 1.807) is 127 Å². The number of sulfone groups is 1. The molecule has 0 saturated carbocycles. The standard InChI is InChI=1S/C21H24FN3O3S.C20H21FN4O4S.C20H21FN4O2S.C18H15Cl2P.C12H17NO3.C11H12FNS2.CH4.HI/c1-13-8-18(27-2)19(28-3)9-15(13)10-21(26)25-24-20-12-29-11-17(23-20)14-4-6-16(22)7-5-14;1-12-8-17(28-2)18(29-3)9-15(12)22-20-24-23-19-11-30(26,27)10-16(25(19)20)13-4-6-14(21)7-5-13;1-12-8-17(26-2)18(27-3)9-15(12)22-20-24-23-19-11-28-10-16(25(19)20)13-4-6-14(21)7-5-13;19-21(20,16-10-4-1-5-11-16,17-12-6-2-7-13-17)18-14-8-3-9-15-18;1-8-4-11(15-2)12(16-3)6-9(8)5-10(14)7-13;1-14-11-7-15-6-10(13-11)8-2-4-9(12)5-3-8;;/h4-9,17H,10-12H2,1-3H3,(H,23,24)(H,25,26);4-9,16H,10-11H2,1-3H3,(H,22,24);4-9,16H,10-11H2,1-3H3,(H,22,24);1-15H;4,6H,5,7,13H2,1-3H3;2-5,10H,6-7H2,1H3;1H4;1H. The van der Waals surface area contributed by atoms with Gasteiger partial charge in [-0.25, -0.2) is 26.0 Å². The maximum atomic E-state index is 13.4. The molecule has 25 nitrogen and oxygen atoms in total. The summed E-state index contributed by atoms with van der Waals surface area (Å²) in [5.74, 6) is 11.5. The average Bonchev–Trinajstić information content (AvgIpc) is 1.37. The third kappa shape index (κ3) is 28.9. The topological polar surface area (TPSA) is 302 Å². The van der Waals surface area contributed by atoms with E-state index < -0.39 is 21.2 Å². The molecule has 4 aliphatic heterocycles. The van der Waals surface area contributed by atoms with Crippen LogP contribution in [0, 0.1) is 51.0 Å². The Morgan fingerprint density at radius 2 is 0.809 bits per heavy atom. The van der Waals surface area contributed by atoms with Crippen molar-refractivity contribution in [3.8, 4) is 46.0 Å². The molecule has 11 aromatic carbocycles. The predicted octanol–water partition coefficient (Wildman–Crippen LogP) is 21.1. The van der Waals surface area contributed by atoms with Gasteiger partial charge in [0.05, 0.1) is 116 Å². The molecular formula is C103H115Cl2F4IN13O12PS5. The number of carbonyl (C=O) groups is 2. The molecule has 1 amide bonds. The number of fused-ring (bicyclic) bond motifs is 2. The van der Waals surface area contributed by atoms with Crippen LogP contribution in [0.4, 0.5) is 40.8 Å². The molecule has 748 valence electrons. The molecule has 13 aromatic rings. The van der Waals surface area contributed by atoms with Crippen LogP contribution in [0.1, 0.15) is 98.9 Å². The van der Waals surface area contributed by atoms with Gasteiger partial charge >= 0.3 is 135 Å². The number of methoxy groups -OCH3 is 8. The van der Waals surface area contributed by atoms with E-state index in [-0.39, 0.29) is 109 Å². The van der Waals surface area contributed by atoms with Gasteiger partial charge in [-0.15, -0.1) is 56.1 Å². The summed E-state index contributed by atoms with van der Waals surface area (Å²) in [7, 11) is 9.26. The first kappa shape index (κ1) is 112. The van der Waals surface area contributed by atoms with Gasteiger partial charge in [0.25, 0.3) is 0 Å². The van der Waals surface area contributed by atoms with Crippen molar-refractivity contribution in [3.63, 3.8) is 0 Å². The number of halogens is 7. The van der Waals surface area contributed by atoms with Gasteiger partial charge in [-0.1, -0.05) is 56.0 Å². The van der Waals surface area contributed by atoms with Crippen molar-refractivity contribution in [1.29, 1.82) is 0 Å². The number of anilines is 4. The first-order valence-corrected chi connectivity index (χ1v) is 54.3. The van der Waals surface area contributed by atoms with E-state index in [0.717, 1.165) is 106 Å². The van der Waals surface area contributed by atoms with E-state index in [1.165, 1.54) is 53.6 Å². The number of aromatic nitrogens is 6. The summed E-state index contributed by atoms with van der Waals surface area (Å²) in [5.41, 5.74) is 21.9. The number of Topliss-reactive ketones (excluding diaryl/α,β-unsaturated/α-hetero) is 1. The van der Waals surface area contributed by atoms with Crippen molar-refractivity contribution in [2.75, 3.05) is 115 Å². The molecule has 4 aliphatic rings. The molecular weight excluding hydrogens is 2080 g/mol. The third-order valence-corrected chi connectivity index (χ3v) is 35.5. The Bertz CT molecular complexity index is 6440. The number of rotatable bonds is 24. The van der Waals surface area contributed by atoms with Gasteiger partial charge in [-0.05, 0) is 175 Å². The molecule has 0 spiro atoms. The second-order valence-electron chi connectivity index (χ2n) is 32.0. The van der Waals surface area contributed by atoms with Crippen molar-refractivity contribution in [1.82, 2.24) is 40.4 Å². The molecule has 0 radical (unpaired) electrons. The number of nitrogens with two attached hydrogens (primary N) is 1. The molecule has 4 atom stereocenters. The molecule has 0 fully saturated rings. The van der Waals surface area contributed by atoms with Crippen molar-refractivity contribution in [2.45, 2.75) is 83.6 Å². The first-order valence-electron chi connectivity index (χ1n) is 43.8. The van der Waals surface area contributed by atoms with Crippen LogP contribution in [0.25, 0.3) is 0 Å². The second-order valence-corrected chi connectivity index (χ2v) is 46.1. The van der Waals surface area contributed by atoms with Gasteiger partial charge in [0.2, 0.25) is 17.8 Å². The quantitative estimate of drug-likeness (QED) is 0.0162. The second kappa shape index (κ2) is 52.7. The van der Waals surface area contributed by atoms with Gasteiger partial charge in [0.1, 0.15) is 46.5 Å². The third-order valence-electron chi connectivity index (χ3n) is 22.9. The number of ketones is 1. The molecule has 0 saturated heterocycles. The van der Waals surface area contributed by atoms with Gasteiger partial charge in [-0.3, -0.25) is 39.6 Å². The van der Waals surface area contributed by atoms with Crippen LogP contribution >= 0.6 is 98.8 Å². The number of aliphatic imine (C=N–C) groups is 2. The number of ether oxygens (including phenoxy) is 8. The number of hydrazine groups is 1. The number of carbonyl (C=O) groups excluding carboxylic acids is 2. The van der Waals surface area contributed by atoms with Crippen molar-refractivity contribution < 1.29 is 73.5 Å². The smallest absolute Gasteiger partial charge is 0.107 e. The van der Waals surface area contributed by atoms with Crippen LogP contribution < -0.4 is 81.0 Å². The number of amidine groups is 1. The molecule has 2 aromatic heterocycles. The zero-order valence-corrected chi connectivity index (χ0v) is 88.1. The fourth-order valence-electron chi connectivity index (χ4n) is 15.4. The summed E-state index contributed by atoms with van der Waals surface area (Å²) in [5, 5.41) is 24.2. The summed E-state index contributed by atoms with van der Waals surface area (Å²) >= 11 is 21.6. The van der Waals surface area contributed by atoms with Crippen molar-refractivity contribution in [3.05, 3.63) is 327 Å². The molecule has 38 heteroatoms. The van der Waals surface area contributed by atoms with Crippen LogP contribution in [0.5, 0.6) is 46.0 Å². The summed E-state index contributed by atoms with van der Waals surface area (Å²) in [4.78, 5) is 33.0. The zero-order chi connectivity index (χ0) is 99.5. The number of thioether (sulfide) groups is 4. The fourth-order valence-corrected chi connectivity index (χ4v) is 25.8. The predicted molar refractivity (Wildman–Crippen MR) is 580 cm³/mol. The number of aryl methyl sites for hydroxylation is 4. The van der Waals surface area contributed by atoms with Crippen LogP contribution in [-0.4, -0.2) is 165 Å². The molecule has 17 rings (SSSR count). The van der Waals surface area contributed by atoms with Gasteiger partial charge in [0.15, 0.2) is 61.6 Å². The summed E-state index contributed by atoms with van der Waals surface area (Å²) in [6.07, 6.45) is 2.58. The zero-order valence-electron chi connectivity index (χ0n) is 79.3. The Morgan fingerprint density at radius 3 is 1.22 bits per heavy atom. The monoisotopic (exact) mass is 2190 g/mol. The average molecular weight is 2190 g/mol. The normalized spacial score (nSPS) is 15.5. The van der Waals surface area contributed by atoms with E-state index in [4.69, 9.17) is 66.1 Å². The van der Waals surface area contributed by atoms with Gasteiger partial charge in [-0.2, -0.15) is 35.3 Å². The van der Waals surface area contributed by atoms with E-state index in [0.29, 0.717) is 93.0 Å². The summed E-state index contributed by atoms with van der Waals surface area (Å²) < 4.78 is 124. The Balaban J connectivity index is 0.000000177. The van der Waals surface area contributed by atoms with Crippen LogP contribution in [0.15, 0.2) is 247 Å². The summed E-state index contributed by atoms with van der Waals surface area (Å²) in [6, 6.07) is 69.6.